The van der Waals surface area contributed by atoms with Gasteiger partial charge in [0, 0.05) is 16.5 Å². The molecule has 108 valence electrons. The molecular weight excluding hydrogens is 264 g/mol. The molecule has 0 amide bonds. The van der Waals surface area contributed by atoms with Crippen molar-refractivity contribution in [1.29, 1.82) is 0 Å². The molecule has 3 aromatic rings. The first-order chi connectivity index (χ1) is 10.0. The number of hydrogen-bond donors (Lipinski definition) is 2. The third-order valence-corrected chi connectivity index (χ3v) is 3.66. The predicted octanol–water partition coefficient (Wildman–Crippen LogP) is 4.04. The van der Waals surface area contributed by atoms with Gasteiger partial charge in [-0.2, -0.15) is 0 Å². The van der Waals surface area contributed by atoms with Crippen LogP contribution in [0.4, 0.5) is 0 Å². The Morgan fingerprint density at radius 1 is 1.10 bits per heavy atom. The molecule has 2 N–H and O–H groups in total. The van der Waals surface area contributed by atoms with E-state index >= 15 is 0 Å². The van der Waals surface area contributed by atoms with Crippen LogP contribution in [0.1, 0.15) is 18.1 Å². The number of hydrogen-bond acceptors (Lipinski definition) is 3. The fraction of sp³-hybridized carbons (Fsp3) is 0.222. The average Bonchev–Trinajstić information content (AvgIpc) is 2.76. The topological polar surface area (TPSA) is 53.6 Å². The highest BCUT2D eigenvalue weighted by Gasteiger charge is 2.13. The molecule has 0 fully saturated rings. The second-order valence-electron chi connectivity index (χ2n) is 5.49. The highest BCUT2D eigenvalue weighted by atomic mass is 16.3. The minimum Gasteiger partial charge on any atom is -0.508 e. The lowest BCUT2D eigenvalue weighted by molar-refractivity contribution is 0.195. The van der Waals surface area contributed by atoms with Gasteiger partial charge in [0.05, 0.1) is 6.10 Å². The number of aliphatic hydroxyl groups is 1. The Morgan fingerprint density at radius 2 is 1.81 bits per heavy atom. The van der Waals surface area contributed by atoms with E-state index in [2.05, 4.69) is 6.07 Å². The Morgan fingerprint density at radius 3 is 2.48 bits per heavy atom. The summed E-state index contributed by atoms with van der Waals surface area (Å²) in [6.07, 6.45) is 0.279. The number of rotatable bonds is 3. The van der Waals surface area contributed by atoms with Gasteiger partial charge in [-0.25, -0.2) is 0 Å². The largest absolute Gasteiger partial charge is 0.508 e. The molecule has 21 heavy (non-hydrogen) atoms. The number of aryl methyl sites for hydroxylation is 1. The van der Waals surface area contributed by atoms with Gasteiger partial charge in [0.15, 0.2) is 0 Å². The number of benzene rings is 2. The van der Waals surface area contributed by atoms with Crippen molar-refractivity contribution < 1.29 is 14.6 Å². The van der Waals surface area contributed by atoms with Crippen molar-refractivity contribution in [2.45, 2.75) is 26.4 Å². The number of aliphatic hydroxyl groups excluding tert-OH is 1. The van der Waals surface area contributed by atoms with Crippen molar-refractivity contribution in [3.63, 3.8) is 0 Å². The summed E-state index contributed by atoms with van der Waals surface area (Å²) in [5, 5.41) is 20.0. The Labute approximate surface area is 123 Å². The summed E-state index contributed by atoms with van der Waals surface area (Å²) < 4.78 is 5.94. The summed E-state index contributed by atoms with van der Waals surface area (Å²) >= 11 is 0. The van der Waals surface area contributed by atoms with Crippen molar-refractivity contribution in [1.82, 2.24) is 0 Å². The lowest BCUT2D eigenvalue weighted by atomic mass is 10.0. The molecule has 3 heteroatoms. The second kappa shape index (κ2) is 5.26. The van der Waals surface area contributed by atoms with Crippen molar-refractivity contribution in [3.8, 4) is 17.1 Å². The van der Waals surface area contributed by atoms with Crippen LogP contribution in [0.25, 0.3) is 22.3 Å². The van der Waals surface area contributed by atoms with E-state index < -0.39 is 0 Å². The zero-order chi connectivity index (χ0) is 15.0. The minimum atomic E-state index is -0.355. The molecule has 0 spiro atoms. The molecule has 0 aliphatic heterocycles. The van der Waals surface area contributed by atoms with Gasteiger partial charge in [-0.15, -0.1) is 0 Å². The monoisotopic (exact) mass is 282 g/mol. The molecule has 0 bridgehead atoms. The standard InChI is InChI=1S/C18H18O3/c1-11(19)9-13-3-8-17-16(10-13)12(2)18(21-17)14-4-6-15(20)7-5-14/h3-8,10-11,19-20H,9H2,1-2H3. The maximum absolute atomic E-state index is 9.51. The highest BCUT2D eigenvalue weighted by Crippen LogP contribution is 2.34. The van der Waals surface area contributed by atoms with Crippen molar-refractivity contribution >= 4 is 11.0 Å². The van der Waals surface area contributed by atoms with E-state index in [1.807, 2.05) is 31.2 Å². The lowest BCUT2D eigenvalue weighted by Gasteiger charge is -2.03. The Balaban J connectivity index is 2.09. The van der Waals surface area contributed by atoms with E-state index in [1.54, 1.807) is 19.1 Å². The van der Waals surface area contributed by atoms with Crippen molar-refractivity contribution in [2.24, 2.45) is 0 Å². The van der Waals surface area contributed by atoms with Gasteiger partial charge in [-0.1, -0.05) is 6.07 Å². The molecule has 0 aliphatic rings. The van der Waals surface area contributed by atoms with E-state index in [-0.39, 0.29) is 11.9 Å². The van der Waals surface area contributed by atoms with Crippen LogP contribution in [0.2, 0.25) is 0 Å². The zero-order valence-electron chi connectivity index (χ0n) is 12.1. The molecule has 1 unspecified atom stereocenters. The summed E-state index contributed by atoms with van der Waals surface area (Å²) in [7, 11) is 0. The van der Waals surface area contributed by atoms with Gasteiger partial charge >= 0.3 is 0 Å². The van der Waals surface area contributed by atoms with Gasteiger partial charge in [0.25, 0.3) is 0 Å². The fourth-order valence-corrected chi connectivity index (χ4v) is 2.62. The Hall–Kier alpha value is -2.26. The molecule has 3 nitrogen and oxygen atoms in total. The highest BCUT2D eigenvalue weighted by molar-refractivity contribution is 5.88. The summed E-state index contributed by atoms with van der Waals surface area (Å²) in [5.74, 6) is 1.06. The third-order valence-electron chi connectivity index (χ3n) is 3.66. The molecular formula is C18H18O3. The SMILES string of the molecule is Cc1c(-c2ccc(O)cc2)oc2ccc(CC(C)O)cc12. The Bertz CT molecular complexity index is 767. The molecule has 1 aromatic heterocycles. The van der Waals surface area contributed by atoms with Crippen LogP contribution < -0.4 is 0 Å². The molecule has 0 radical (unpaired) electrons. The van der Waals surface area contributed by atoms with E-state index in [9.17, 15) is 10.2 Å². The van der Waals surface area contributed by atoms with Crippen LogP contribution in [-0.4, -0.2) is 16.3 Å². The number of fused-ring (bicyclic) bond motifs is 1. The zero-order valence-corrected chi connectivity index (χ0v) is 12.1. The third kappa shape index (κ3) is 2.65. The van der Waals surface area contributed by atoms with Crippen LogP contribution in [0.3, 0.4) is 0 Å². The normalized spacial score (nSPS) is 12.7. The average molecular weight is 282 g/mol. The van der Waals surface area contributed by atoms with Gasteiger partial charge < -0.3 is 14.6 Å². The van der Waals surface area contributed by atoms with Crippen LogP contribution in [0.5, 0.6) is 5.75 Å². The molecule has 1 heterocycles. The first-order valence-electron chi connectivity index (χ1n) is 7.04. The molecule has 0 aliphatic carbocycles. The van der Waals surface area contributed by atoms with Gasteiger partial charge in [-0.05, 0) is 62.2 Å². The molecule has 1 atom stereocenters. The summed E-state index contributed by atoms with van der Waals surface area (Å²) in [4.78, 5) is 0. The second-order valence-corrected chi connectivity index (χ2v) is 5.49. The molecule has 0 saturated heterocycles. The molecule has 2 aromatic carbocycles. The number of furan rings is 1. The lowest BCUT2D eigenvalue weighted by Crippen LogP contribution is -2.03. The van der Waals surface area contributed by atoms with Crippen LogP contribution >= 0.6 is 0 Å². The van der Waals surface area contributed by atoms with E-state index in [0.29, 0.717) is 6.42 Å². The first kappa shape index (κ1) is 13.7. The van der Waals surface area contributed by atoms with Crippen LogP contribution in [0.15, 0.2) is 46.9 Å². The van der Waals surface area contributed by atoms with Crippen molar-refractivity contribution in [3.05, 3.63) is 53.6 Å². The van der Waals surface area contributed by atoms with E-state index in [1.165, 1.54) is 0 Å². The van der Waals surface area contributed by atoms with E-state index in [0.717, 1.165) is 33.4 Å². The fourth-order valence-electron chi connectivity index (χ4n) is 2.62. The smallest absolute Gasteiger partial charge is 0.138 e. The van der Waals surface area contributed by atoms with Gasteiger partial charge in [-0.3, -0.25) is 0 Å². The van der Waals surface area contributed by atoms with Crippen LogP contribution in [-0.2, 0) is 6.42 Å². The maximum Gasteiger partial charge on any atom is 0.138 e. The first-order valence-corrected chi connectivity index (χ1v) is 7.04. The van der Waals surface area contributed by atoms with Gasteiger partial charge in [0.2, 0.25) is 0 Å². The van der Waals surface area contributed by atoms with Gasteiger partial charge in [0.1, 0.15) is 17.1 Å². The molecule has 3 rings (SSSR count). The van der Waals surface area contributed by atoms with E-state index in [4.69, 9.17) is 4.42 Å². The summed E-state index contributed by atoms with van der Waals surface area (Å²) in [6.45, 7) is 3.81. The minimum absolute atomic E-state index is 0.242. The van der Waals surface area contributed by atoms with Crippen LogP contribution in [0, 0.1) is 6.92 Å². The maximum atomic E-state index is 9.51. The summed E-state index contributed by atoms with van der Waals surface area (Å²) in [6, 6.07) is 13.0. The summed E-state index contributed by atoms with van der Waals surface area (Å²) in [5.41, 5.74) is 3.95. The Kier molecular flexibility index (Phi) is 3.43. The quantitative estimate of drug-likeness (QED) is 0.762. The number of phenols is 1. The number of phenolic OH excluding ortho intramolecular Hbond substituents is 1. The predicted molar refractivity (Wildman–Crippen MR) is 83.4 cm³/mol. The molecule has 0 saturated carbocycles. The van der Waals surface area contributed by atoms with Crippen molar-refractivity contribution in [2.75, 3.05) is 0 Å². The number of aromatic hydroxyl groups is 1.